The predicted molar refractivity (Wildman–Crippen MR) is 82.4 cm³/mol. The lowest BCUT2D eigenvalue weighted by Gasteiger charge is -2.26. The molecule has 18 heavy (non-hydrogen) atoms. The maximum absolute atomic E-state index is 3.77. The molecule has 2 rings (SSSR count). The molecule has 1 aliphatic rings. The first-order valence-electron chi connectivity index (χ1n) is 7.14. The molecule has 1 N–H and O–H groups in total. The molecule has 0 saturated carbocycles. The first-order valence-corrected chi connectivity index (χ1v) is 8.19. The van der Waals surface area contributed by atoms with E-state index in [9.17, 15) is 0 Å². The van der Waals surface area contributed by atoms with E-state index in [0.29, 0.717) is 6.04 Å². The van der Waals surface area contributed by atoms with E-state index in [4.69, 9.17) is 0 Å². The highest BCUT2D eigenvalue weighted by Crippen LogP contribution is 2.37. The fourth-order valence-electron chi connectivity index (χ4n) is 2.78. The Morgan fingerprint density at radius 1 is 1.39 bits per heavy atom. The molecular weight excluding hydrogens is 238 g/mol. The lowest BCUT2D eigenvalue weighted by atomic mass is 9.95. The quantitative estimate of drug-likeness (QED) is 0.853. The molecule has 0 aromatic heterocycles. The second-order valence-corrected chi connectivity index (χ2v) is 6.69. The lowest BCUT2D eigenvalue weighted by Crippen LogP contribution is -2.30. The van der Waals surface area contributed by atoms with Crippen molar-refractivity contribution in [2.45, 2.75) is 51.3 Å². The van der Waals surface area contributed by atoms with E-state index in [1.54, 1.807) is 0 Å². The summed E-state index contributed by atoms with van der Waals surface area (Å²) in [5, 5.41) is 4.53. The third kappa shape index (κ3) is 3.30. The summed E-state index contributed by atoms with van der Waals surface area (Å²) in [5.74, 6) is 1.33. The first kappa shape index (κ1) is 14.0. The topological polar surface area (TPSA) is 12.0 Å². The van der Waals surface area contributed by atoms with Gasteiger partial charge in [0.2, 0.25) is 0 Å². The highest BCUT2D eigenvalue weighted by Gasteiger charge is 2.27. The fraction of sp³-hybridized carbons (Fsp3) is 0.625. The maximum Gasteiger partial charge on any atom is 0.0443 e. The van der Waals surface area contributed by atoms with Crippen molar-refractivity contribution in [3.63, 3.8) is 0 Å². The molecule has 1 aromatic carbocycles. The van der Waals surface area contributed by atoms with Gasteiger partial charge in [0.25, 0.3) is 0 Å². The number of rotatable bonds is 5. The molecule has 1 saturated heterocycles. The van der Waals surface area contributed by atoms with Crippen LogP contribution in [0.2, 0.25) is 0 Å². The summed E-state index contributed by atoms with van der Waals surface area (Å²) in [6.45, 7) is 7.79. The Morgan fingerprint density at radius 3 is 2.83 bits per heavy atom. The Hall–Kier alpha value is -0.470. The Balaban J connectivity index is 2.20. The number of aryl methyl sites for hydroxylation is 2. The van der Waals surface area contributed by atoms with Gasteiger partial charge in [0, 0.05) is 11.3 Å². The van der Waals surface area contributed by atoms with E-state index in [2.05, 4.69) is 56.0 Å². The van der Waals surface area contributed by atoms with Crippen LogP contribution >= 0.6 is 11.8 Å². The largest absolute Gasteiger partial charge is 0.309 e. The normalized spacial score (nSPS) is 21.2. The smallest absolute Gasteiger partial charge is 0.0443 e. The highest BCUT2D eigenvalue weighted by atomic mass is 32.2. The van der Waals surface area contributed by atoms with E-state index in [-0.39, 0.29) is 0 Å². The van der Waals surface area contributed by atoms with Crippen molar-refractivity contribution in [3.8, 4) is 0 Å². The van der Waals surface area contributed by atoms with Crippen LogP contribution in [-0.4, -0.2) is 17.5 Å². The Bertz CT molecular complexity index is 383. The van der Waals surface area contributed by atoms with Gasteiger partial charge in [-0.15, -0.1) is 0 Å². The van der Waals surface area contributed by atoms with E-state index in [1.165, 1.54) is 41.7 Å². The molecule has 100 valence electrons. The third-order valence-electron chi connectivity index (χ3n) is 3.71. The molecule has 1 heterocycles. The van der Waals surface area contributed by atoms with Crippen LogP contribution < -0.4 is 5.32 Å². The molecule has 2 heteroatoms. The van der Waals surface area contributed by atoms with Gasteiger partial charge in [0.15, 0.2) is 0 Å². The van der Waals surface area contributed by atoms with Crippen molar-refractivity contribution >= 4 is 11.8 Å². The molecule has 0 spiro atoms. The SMILES string of the molecule is CCCNC(c1ccc(C)cc1C)C1CCCS1. The summed E-state index contributed by atoms with van der Waals surface area (Å²) in [5.41, 5.74) is 4.31. The fourth-order valence-corrected chi connectivity index (χ4v) is 4.19. The zero-order chi connectivity index (χ0) is 13.0. The van der Waals surface area contributed by atoms with Crippen molar-refractivity contribution < 1.29 is 0 Å². The van der Waals surface area contributed by atoms with Crippen LogP contribution in [0.1, 0.15) is 48.9 Å². The van der Waals surface area contributed by atoms with Gasteiger partial charge >= 0.3 is 0 Å². The minimum Gasteiger partial charge on any atom is -0.309 e. The summed E-state index contributed by atoms with van der Waals surface area (Å²) >= 11 is 2.15. The number of nitrogens with one attached hydrogen (secondary N) is 1. The number of hydrogen-bond acceptors (Lipinski definition) is 2. The zero-order valence-corrected chi connectivity index (χ0v) is 12.6. The van der Waals surface area contributed by atoms with Gasteiger partial charge < -0.3 is 5.32 Å². The van der Waals surface area contributed by atoms with Gasteiger partial charge in [-0.3, -0.25) is 0 Å². The molecule has 2 unspecified atom stereocenters. The van der Waals surface area contributed by atoms with Crippen molar-refractivity contribution in [1.82, 2.24) is 5.32 Å². The van der Waals surface area contributed by atoms with Gasteiger partial charge in [-0.25, -0.2) is 0 Å². The average molecular weight is 263 g/mol. The molecule has 1 fully saturated rings. The van der Waals surface area contributed by atoms with E-state index < -0.39 is 0 Å². The molecule has 0 aliphatic carbocycles. The lowest BCUT2D eigenvalue weighted by molar-refractivity contribution is 0.501. The van der Waals surface area contributed by atoms with E-state index >= 15 is 0 Å². The summed E-state index contributed by atoms with van der Waals surface area (Å²) < 4.78 is 0. The van der Waals surface area contributed by atoms with Gasteiger partial charge in [-0.1, -0.05) is 30.7 Å². The maximum atomic E-state index is 3.77. The minimum atomic E-state index is 0.540. The summed E-state index contributed by atoms with van der Waals surface area (Å²) in [4.78, 5) is 0. The van der Waals surface area contributed by atoms with Crippen molar-refractivity contribution in [2.75, 3.05) is 12.3 Å². The van der Waals surface area contributed by atoms with Crippen LogP contribution in [0.4, 0.5) is 0 Å². The molecule has 1 nitrogen and oxygen atoms in total. The number of hydrogen-bond donors (Lipinski definition) is 1. The average Bonchev–Trinajstić information content (AvgIpc) is 2.85. The molecule has 0 radical (unpaired) electrons. The van der Waals surface area contributed by atoms with Crippen LogP contribution in [0.3, 0.4) is 0 Å². The van der Waals surface area contributed by atoms with Crippen LogP contribution in [0, 0.1) is 13.8 Å². The molecule has 1 aromatic rings. The second kappa shape index (κ2) is 6.63. The Kier molecular flexibility index (Phi) is 5.13. The molecule has 1 aliphatic heterocycles. The Labute approximate surface area is 116 Å². The Morgan fingerprint density at radius 2 is 2.22 bits per heavy atom. The van der Waals surface area contributed by atoms with Crippen molar-refractivity contribution in [2.24, 2.45) is 0 Å². The summed E-state index contributed by atoms with van der Waals surface area (Å²) in [6.07, 6.45) is 3.95. The van der Waals surface area contributed by atoms with Crippen molar-refractivity contribution in [3.05, 3.63) is 34.9 Å². The zero-order valence-electron chi connectivity index (χ0n) is 11.8. The molecule has 2 atom stereocenters. The minimum absolute atomic E-state index is 0.540. The number of benzene rings is 1. The van der Waals surface area contributed by atoms with Gasteiger partial charge in [0.1, 0.15) is 0 Å². The van der Waals surface area contributed by atoms with Crippen LogP contribution in [0.15, 0.2) is 18.2 Å². The molecule has 0 bridgehead atoms. The van der Waals surface area contributed by atoms with E-state index in [0.717, 1.165) is 11.8 Å². The van der Waals surface area contributed by atoms with Gasteiger partial charge in [-0.05, 0) is 56.5 Å². The number of thioether (sulfide) groups is 1. The highest BCUT2D eigenvalue weighted by molar-refractivity contribution is 8.00. The standard InChI is InChI=1S/C16H25NS/c1-4-9-17-16(15-6-5-10-18-15)14-8-7-12(2)11-13(14)3/h7-8,11,15-17H,4-6,9-10H2,1-3H3. The van der Waals surface area contributed by atoms with Gasteiger partial charge in [0.05, 0.1) is 0 Å². The summed E-state index contributed by atoms with van der Waals surface area (Å²) in [7, 11) is 0. The first-order chi connectivity index (χ1) is 8.72. The van der Waals surface area contributed by atoms with Crippen LogP contribution in [0.5, 0.6) is 0 Å². The van der Waals surface area contributed by atoms with Gasteiger partial charge in [-0.2, -0.15) is 11.8 Å². The molecule has 0 amide bonds. The molecular formula is C16H25NS. The van der Waals surface area contributed by atoms with Crippen LogP contribution in [-0.2, 0) is 0 Å². The van der Waals surface area contributed by atoms with Crippen LogP contribution in [0.25, 0.3) is 0 Å². The third-order valence-corrected chi connectivity index (χ3v) is 5.17. The van der Waals surface area contributed by atoms with E-state index in [1.807, 2.05) is 0 Å². The predicted octanol–water partition coefficient (Wildman–Crippen LogP) is 4.24. The summed E-state index contributed by atoms with van der Waals surface area (Å²) in [6, 6.07) is 7.44. The monoisotopic (exact) mass is 263 g/mol. The second-order valence-electron chi connectivity index (χ2n) is 5.34. The van der Waals surface area contributed by atoms with Crippen molar-refractivity contribution in [1.29, 1.82) is 0 Å².